The maximum absolute atomic E-state index is 13.2. The first-order valence-electron chi connectivity index (χ1n) is 11.1. The molecule has 0 unspecified atom stereocenters. The van der Waals surface area contributed by atoms with Crippen molar-refractivity contribution in [1.29, 1.82) is 0 Å². The van der Waals surface area contributed by atoms with Crippen LogP contribution in [0.15, 0.2) is 48.5 Å². The average Bonchev–Trinajstić information content (AvgIpc) is 3.14. The number of likely N-dealkylation sites (tertiary alicyclic amines) is 1. The summed E-state index contributed by atoms with van der Waals surface area (Å²) in [5.74, 6) is 0.819. The van der Waals surface area contributed by atoms with Crippen LogP contribution >= 0.6 is 0 Å². The van der Waals surface area contributed by atoms with Gasteiger partial charge in [0.2, 0.25) is 5.91 Å². The number of hydrogen-bond acceptors (Lipinski definition) is 4. The summed E-state index contributed by atoms with van der Waals surface area (Å²) in [6.07, 6.45) is 2.37. The number of carbonyl (C=O) groups is 1. The van der Waals surface area contributed by atoms with Gasteiger partial charge in [-0.05, 0) is 50.7 Å². The maximum Gasteiger partial charge on any atom is 0.227 e. The number of fused-ring (bicyclic) bond motifs is 1. The standard InChI is InChI=1S/C25H32FN3O2/c1-27(2)16-23-18-31-24-8-4-3-6-20(24)15-28(23)17-22-7-5-13-29(22)25(30)14-19-9-11-21(26)12-10-19/h3-4,6,8-12,22-23H,5,7,13-18H2,1-2H3/t22-,23+/m1/s1. The number of amides is 1. The summed E-state index contributed by atoms with van der Waals surface area (Å²) in [6, 6.07) is 15.0. The van der Waals surface area contributed by atoms with E-state index in [4.69, 9.17) is 4.74 Å². The number of nitrogens with zero attached hydrogens (tertiary/aromatic N) is 3. The van der Waals surface area contributed by atoms with Gasteiger partial charge in [0.15, 0.2) is 0 Å². The molecule has 1 saturated heterocycles. The Morgan fingerprint density at radius 2 is 1.90 bits per heavy atom. The highest BCUT2D eigenvalue weighted by molar-refractivity contribution is 5.79. The fourth-order valence-corrected chi connectivity index (χ4v) is 4.72. The smallest absolute Gasteiger partial charge is 0.227 e. The van der Waals surface area contributed by atoms with Gasteiger partial charge in [0.1, 0.15) is 18.2 Å². The zero-order valence-electron chi connectivity index (χ0n) is 18.5. The number of carbonyl (C=O) groups excluding carboxylic acids is 1. The lowest BCUT2D eigenvalue weighted by Gasteiger charge is -2.35. The van der Waals surface area contributed by atoms with E-state index in [0.29, 0.717) is 13.0 Å². The molecule has 5 nitrogen and oxygen atoms in total. The van der Waals surface area contributed by atoms with Crippen molar-refractivity contribution in [3.63, 3.8) is 0 Å². The topological polar surface area (TPSA) is 36.0 Å². The Kier molecular flexibility index (Phi) is 6.88. The van der Waals surface area contributed by atoms with Crippen molar-refractivity contribution in [2.75, 3.05) is 40.3 Å². The van der Waals surface area contributed by atoms with Crippen LogP contribution < -0.4 is 4.74 Å². The minimum absolute atomic E-state index is 0.129. The van der Waals surface area contributed by atoms with Gasteiger partial charge >= 0.3 is 0 Å². The van der Waals surface area contributed by atoms with Crippen LogP contribution in [-0.4, -0.2) is 73.0 Å². The van der Waals surface area contributed by atoms with E-state index in [1.165, 1.54) is 17.7 Å². The second-order valence-corrected chi connectivity index (χ2v) is 8.95. The number of para-hydroxylation sites is 1. The van der Waals surface area contributed by atoms with Gasteiger partial charge in [-0.15, -0.1) is 0 Å². The van der Waals surface area contributed by atoms with Crippen molar-refractivity contribution in [2.45, 2.75) is 37.9 Å². The van der Waals surface area contributed by atoms with Gasteiger partial charge in [-0.25, -0.2) is 4.39 Å². The van der Waals surface area contributed by atoms with Crippen LogP contribution in [0.1, 0.15) is 24.0 Å². The highest BCUT2D eigenvalue weighted by Gasteiger charge is 2.33. The van der Waals surface area contributed by atoms with Gasteiger partial charge in [0, 0.05) is 37.8 Å². The summed E-state index contributed by atoms with van der Waals surface area (Å²) in [5, 5.41) is 0. The predicted molar refractivity (Wildman–Crippen MR) is 120 cm³/mol. The molecule has 6 heteroatoms. The van der Waals surface area contributed by atoms with Crippen LogP contribution in [0.2, 0.25) is 0 Å². The lowest BCUT2D eigenvalue weighted by molar-refractivity contribution is -0.131. The zero-order chi connectivity index (χ0) is 21.8. The molecule has 2 heterocycles. The van der Waals surface area contributed by atoms with Crippen LogP contribution in [0.25, 0.3) is 0 Å². The van der Waals surface area contributed by atoms with Crippen LogP contribution in [0.5, 0.6) is 5.75 Å². The normalized spacial score (nSPS) is 21.6. The molecule has 2 aliphatic rings. The van der Waals surface area contributed by atoms with Crippen molar-refractivity contribution in [2.24, 2.45) is 0 Å². The summed E-state index contributed by atoms with van der Waals surface area (Å²) in [6.45, 7) is 4.01. The number of benzene rings is 2. The van der Waals surface area contributed by atoms with Crippen molar-refractivity contribution in [1.82, 2.24) is 14.7 Å². The van der Waals surface area contributed by atoms with Gasteiger partial charge < -0.3 is 14.5 Å². The van der Waals surface area contributed by atoms with E-state index < -0.39 is 0 Å². The molecule has 2 aromatic carbocycles. The molecule has 0 spiro atoms. The molecule has 2 aliphatic heterocycles. The molecule has 4 rings (SSSR count). The van der Waals surface area contributed by atoms with Crippen LogP contribution in [0, 0.1) is 5.82 Å². The minimum Gasteiger partial charge on any atom is -0.492 e. The SMILES string of the molecule is CN(C)C[C@H]1COc2ccccc2CN1C[C@H]1CCCN1C(=O)Cc1ccc(F)cc1. The van der Waals surface area contributed by atoms with E-state index in [-0.39, 0.29) is 23.8 Å². The molecule has 2 aromatic rings. The van der Waals surface area contributed by atoms with Gasteiger partial charge in [0.25, 0.3) is 0 Å². The van der Waals surface area contributed by atoms with Crippen molar-refractivity contribution >= 4 is 5.91 Å². The van der Waals surface area contributed by atoms with E-state index in [1.54, 1.807) is 12.1 Å². The van der Waals surface area contributed by atoms with Crippen LogP contribution in [0.4, 0.5) is 4.39 Å². The monoisotopic (exact) mass is 425 g/mol. The minimum atomic E-state index is -0.272. The van der Waals surface area contributed by atoms with Crippen LogP contribution in [-0.2, 0) is 17.8 Å². The number of rotatable bonds is 6. The molecule has 0 aliphatic carbocycles. The highest BCUT2D eigenvalue weighted by atomic mass is 19.1. The number of halogens is 1. The Balaban J connectivity index is 1.47. The summed E-state index contributed by atoms with van der Waals surface area (Å²) in [7, 11) is 4.18. The third kappa shape index (κ3) is 5.43. The average molecular weight is 426 g/mol. The van der Waals surface area contributed by atoms with E-state index in [1.807, 2.05) is 17.0 Å². The molecule has 166 valence electrons. The Bertz CT molecular complexity index is 887. The number of likely N-dealkylation sites (N-methyl/N-ethyl adjacent to an activating group) is 1. The molecule has 0 bridgehead atoms. The van der Waals surface area contributed by atoms with E-state index in [2.05, 4.69) is 36.0 Å². The molecule has 1 amide bonds. The van der Waals surface area contributed by atoms with E-state index >= 15 is 0 Å². The van der Waals surface area contributed by atoms with Crippen LogP contribution in [0.3, 0.4) is 0 Å². The fraction of sp³-hybridized carbons (Fsp3) is 0.480. The summed E-state index contributed by atoms with van der Waals surface area (Å²) >= 11 is 0. The Hall–Kier alpha value is -2.44. The molecule has 0 saturated carbocycles. The molecular formula is C25H32FN3O2. The van der Waals surface area contributed by atoms with Crippen molar-refractivity contribution in [3.05, 3.63) is 65.5 Å². The summed E-state index contributed by atoms with van der Waals surface area (Å²) in [4.78, 5) is 19.8. The first-order chi connectivity index (χ1) is 15.0. The number of ether oxygens (including phenoxy) is 1. The largest absolute Gasteiger partial charge is 0.492 e. The summed E-state index contributed by atoms with van der Waals surface area (Å²) in [5.41, 5.74) is 2.06. The third-order valence-electron chi connectivity index (χ3n) is 6.28. The Morgan fingerprint density at radius 3 is 2.68 bits per heavy atom. The molecule has 31 heavy (non-hydrogen) atoms. The Morgan fingerprint density at radius 1 is 1.13 bits per heavy atom. The molecule has 0 radical (unpaired) electrons. The Labute approximate surface area is 184 Å². The third-order valence-corrected chi connectivity index (χ3v) is 6.28. The maximum atomic E-state index is 13.2. The van der Waals surface area contributed by atoms with E-state index in [9.17, 15) is 9.18 Å². The fourth-order valence-electron chi connectivity index (χ4n) is 4.72. The first kappa shape index (κ1) is 21.8. The highest BCUT2D eigenvalue weighted by Crippen LogP contribution is 2.27. The zero-order valence-corrected chi connectivity index (χ0v) is 18.5. The van der Waals surface area contributed by atoms with E-state index in [0.717, 1.165) is 50.3 Å². The van der Waals surface area contributed by atoms with Gasteiger partial charge in [-0.1, -0.05) is 30.3 Å². The van der Waals surface area contributed by atoms with Crippen molar-refractivity contribution < 1.29 is 13.9 Å². The lowest BCUT2D eigenvalue weighted by Crippen LogP contribution is -2.50. The summed E-state index contributed by atoms with van der Waals surface area (Å²) < 4.78 is 19.3. The number of hydrogen-bond donors (Lipinski definition) is 0. The second kappa shape index (κ2) is 9.79. The van der Waals surface area contributed by atoms with Gasteiger partial charge in [-0.3, -0.25) is 9.69 Å². The lowest BCUT2D eigenvalue weighted by atomic mass is 10.1. The quantitative estimate of drug-likeness (QED) is 0.712. The molecule has 2 atom stereocenters. The molecule has 1 fully saturated rings. The van der Waals surface area contributed by atoms with Gasteiger partial charge in [0.05, 0.1) is 12.5 Å². The molecule has 0 N–H and O–H groups in total. The molecular weight excluding hydrogens is 393 g/mol. The first-order valence-corrected chi connectivity index (χ1v) is 11.1. The second-order valence-electron chi connectivity index (χ2n) is 8.95. The van der Waals surface area contributed by atoms with Gasteiger partial charge in [-0.2, -0.15) is 0 Å². The molecule has 0 aromatic heterocycles. The predicted octanol–water partition coefficient (Wildman–Crippen LogP) is 3.18. The van der Waals surface area contributed by atoms with Crippen molar-refractivity contribution in [3.8, 4) is 5.75 Å².